The summed E-state index contributed by atoms with van der Waals surface area (Å²) in [6.07, 6.45) is 1.69. The summed E-state index contributed by atoms with van der Waals surface area (Å²) in [5.74, 6) is 0.684. The fourth-order valence-electron chi connectivity index (χ4n) is 3.00. The fourth-order valence-corrected chi connectivity index (χ4v) is 4.13. The van der Waals surface area contributed by atoms with Gasteiger partial charge in [-0.05, 0) is 55.0 Å². The lowest BCUT2D eigenvalue weighted by Gasteiger charge is -2.40. The topological polar surface area (TPSA) is 58.2 Å². The SMILES string of the molecule is CCCS(=O)(=O)Nc1cccc([C@@]2(C)CCNC[C@@H]2C)c1. The Kier molecular flexibility index (Phi) is 4.94. The molecule has 1 aromatic rings. The molecule has 1 aromatic carbocycles. The predicted molar refractivity (Wildman–Crippen MR) is 88.1 cm³/mol. The van der Waals surface area contributed by atoms with Crippen molar-refractivity contribution in [3.8, 4) is 0 Å². The number of nitrogens with one attached hydrogen (secondary N) is 2. The standard InChI is InChI=1S/C16H26N2O2S/c1-4-10-21(19,20)18-15-7-5-6-14(11-15)16(3)8-9-17-12-13(16)2/h5-7,11,13,17-18H,4,8-10,12H2,1-3H3/t13-,16-/m0/s1. The van der Waals surface area contributed by atoms with Crippen molar-refractivity contribution in [3.05, 3.63) is 29.8 Å². The van der Waals surface area contributed by atoms with Crippen molar-refractivity contribution in [1.82, 2.24) is 5.32 Å². The Balaban J connectivity index is 2.25. The van der Waals surface area contributed by atoms with Gasteiger partial charge in [0.05, 0.1) is 5.75 Å². The van der Waals surface area contributed by atoms with Crippen LogP contribution in [0, 0.1) is 5.92 Å². The first-order valence-corrected chi connectivity index (χ1v) is 9.34. The van der Waals surface area contributed by atoms with E-state index in [-0.39, 0.29) is 11.2 Å². The molecule has 0 aromatic heterocycles. The van der Waals surface area contributed by atoms with Gasteiger partial charge in [-0.25, -0.2) is 8.42 Å². The summed E-state index contributed by atoms with van der Waals surface area (Å²) in [5.41, 5.74) is 1.98. The summed E-state index contributed by atoms with van der Waals surface area (Å²) in [5, 5.41) is 3.42. The average molecular weight is 310 g/mol. The van der Waals surface area contributed by atoms with Crippen molar-refractivity contribution in [2.75, 3.05) is 23.6 Å². The van der Waals surface area contributed by atoms with Gasteiger partial charge in [-0.1, -0.05) is 32.9 Å². The van der Waals surface area contributed by atoms with E-state index in [1.54, 1.807) is 0 Å². The summed E-state index contributed by atoms with van der Waals surface area (Å²) < 4.78 is 26.5. The third-order valence-corrected chi connectivity index (χ3v) is 6.12. The quantitative estimate of drug-likeness (QED) is 0.879. The van der Waals surface area contributed by atoms with E-state index < -0.39 is 10.0 Å². The minimum Gasteiger partial charge on any atom is -0.316 e. The Bertz CT molecular complexity index is 586. The highest BCUT2D eigenvalue weighted by Crippen LogP contribution is 2.38. The lowest BCUT2D eigenvalue weighted by Crippen LogP contribution is -2.44. The molecule has 0 unspecified atom stereocenters. The van der Waals surface area contributed by atoms with Crippen LogP contribution in [0.2, 0.25) is 0 Å². The van der Waals surface area contributed by atoms with Gasteiger partial charge in [-0.3, -0.25) is 4.72 Å². The highest BCUT2D eigenvalue weighted by atomic mass is 32.2. The Hall–Kier alpha value is -1.07. The molecule has 4 nitrogen and oxygen atoms in total. The zero-order chi connectivity index (χ0) is 15.5. The van der Waals surface area contributed by atoms with Crippen LogP contribution in [0.1, 0.15) is 39.2 Å². The van der Waals surface area contributed by atoms with Crippen molar-refractivity contribution in [3.63, 3.8) is 0 Å². The molecule has 0 amide bonds. The van der Waals surface area contributed by atoms with Gasteiger partial charge in [0, 0.05) is 5.69 Å². The molecule has 2 atom stereocenters. The van der Waals surface area contributed by atoms with Crippen LogP contribution in [-0.4, -0.2) is 27.3 Å². The first-order chi connectivity index (χ1) is 9.87. The Morgan fingerprint density at radius 3 is 2.86 bits per heavy atom. The maximum atomic E-state index is 11.9. The number of piperidine rings is 1. The molecule has 5 heteroatoms. The molecule has 0 radical (unpaired) electrons. The van der Waals surface area contributed by atoms with Crippen LogP contribution >= 0.6 is 0 Å². The largest absolute Gasteiger partial charge is 0.316 e. The average Bonchev–Trinajstić information content (AvgIpc) is 2.42. The molecule has 1 fully saturated rings. The molecule has 0 spiro atoms. The second kappa shape index (κ2) is 6.36. The molecule has 1 aliphatic rings. The summed E-state index contributed by atoms with van der Waals surface area (Å²) in [6.45, 7) is 8.40. The summed E-state index contributed by atoms with van der Waals surface area (Å²) in [7, 11) is -3.23. The second-order valence-corrected chi connectivity index (χ2v) is 8.12. The lowest BCUT2D eigenvalue weighted by molar-refractivity contribution is 0.238. The monoisotopic (exact) mass is 310 g/mol. The molecule has 21 heavy (non-hydrogen) atoms. The molecular weight excluding hydrogens is 284 g/mol. The molecule has 2 rings (SSSR count). The van der Waals surface area contributed by atoms with E-state index in [1.807, 2.05) is 25.1 Å². The Morgan fingerprint density at radius 2 is 2.19 bits per heavy atom. The molecule has 2 N–H and O–H groups in total. The number of hydrogen-bond acceptors (Lipinski definition) is 3. The maximum absolute atomic E-state index is 11.9. The number of rotatable bonds is 5. The zero-order valence-electron chi connectivity index (χ0n) is 13.1. The minimum absolute atomic E-state index is 0.0947. The first kappa shape index (κ1) is 16.3. The molecule has 0 bridgehead atoms. The third kappa shape index (κ3) is 3.77. The van der Waals surface area contributed by atoms with Gasteiger partial charge in [-0.15, -0.1) is 0 Å². The fraction of sp³-hybridized carbons (Fsp3) is 0.625. The van der Waals surface area contributed by atoms with Crippen molar-refractivity contribution in [2.45, 2.75) is 39.0 Å². The smallest absolute Gasteiger partial charge is 0.232 e. The van der Waals surface area contributed by atoms with Crippen molar-refractivity contribution in [1.29, 1.82) is 0 Å². The van der Waals surface area contributed by atoms with Crippen molar-refractivity contribution in [2.24, 2.45) is 5.92 Å². The lowest BCUT2D eigenvalue weighted by atomic mass is 9.68. The highest BCUT2D eigenvalue weighted by molar-refractivity contribution is 7.92. The number of sulfonamides is 1. The number of anilines is 1. The van der Waals surface area contributed by atoms with Crippen LogP contribution in [0.3, 0.4) is 0 Å². The molecular formula is C16H26N2O2S. The summed E-state index contributed by atoms with van der Waals surface area (Å²) >= 11 is 0. The highest BCUT2D eigenvalue weighted by Gasteiger charge is 2.35. The van der Waals surface area contributed by atoms with E-state index >= 15 is 0 Å². The van der Waals surface area contributed by atoms with Crippen LogP contribution in [0.25, 0.3) is 0 Å². The summed E-state index contributed by atoms with van der Waals surface area (Å²) in [6, 6.07) is 7.87. The normalized spacial score (nSPS) is 26.5. The minimum atomic E-state index is -3.23. The van der Waals surface area contributed by atoms with Gasteiger partial charge >= 0.3 is 0 Å². The Labute approximate surface area is 128 Å². The summed E-state index contributed by atoms with van der Waals surface area (Å²) in [4.78, 5) is 0. The van der Waals surface area contributed by atoms with Crippen molar-refractivity contribution >= 4 is 15.7 Å². The van der Waals surface area contributed by atoms with Crippen LogP contribution < -0.4 is 10.0 Å². The van der Waals surface area contributed by atoms with E-state index in [0.717, 1.165) is 19.5 Å². The van der Waals surface area contributed by atoms with Crippen molar-refractivity contribution < 1.29 is 8.42 Å². The molecule has 118 valence electrons. The predicted octanol–water partition coefficient (Wildman–Crippen LogP) is 2.73. The van der Waals surface area contributed by atoms with Gasteiger partial charge in [0.2, 0.25) is 10.0 Å². The maximum Gasteiger partial charge on any atom is 0.232 e. The molecule has 0 saturated carbocycles. The van der Waals surface area contributed by atoms with E-state index in [9.17, 15) is 8.42 Å². The van der Waals surface area contributed by atoms with Gasteiger partial charge in [0.15, 0.2) is 0 Å². The van der Waals surface area contributed by atoms with Crippen LogP contribution in [-0.2, 0) is 15.4 Å². The van der Waals surface area contributed by atoms with E-state index in [2.05, 4.69) is 30.0 Å². The van der Waals surface area contributed by atoms with E-state index in [0.29, 0.717) is 18.0 Å². The third-order valence-electron chi connectivity index (χ3n) is 4.63. The van der Waals surface area contributed by atoms with Gasteiger partial charge in [-0.2, -0.15) is 0 Å². The van der Waals surface area contributed by atoms with E-state index in [1.165, 1.54) is 5.56 Å². The first-order valence-electron chi connectivity index (χ1n) is 7.69. The molecule has 0 aliphatic carbocycles. The van der Waals surface area contributed by atoms with Crippen LogP contribution in [0.5, 0.6) is 0 Å². The molecule has 1 heterocycles. The Morgan fingerprint density at radius 1 is 1.43 bits per heavy atom. The van der Waals surface area contributed by atoms with Crippen LogP contribution in [0.4, 0.5) is 5.69 Å². The second-order valence-electron chi connectivity index (χ2n) is 6.27. The number of benzene rings is 1. The molecule has 1 aliphatic heterocycles. The zero-order valence-corrected chi connectivity index (χ0v) is 14.0. The van der Waals surface area contributed by atoms with Crippen LogP contribution in [0.15, 0.2) is 24.3 Å². The van der Waals surface area contributed by atoms with Gasteiger partial charge < -0.3 is 5.32 Å². The number of hydrogen-bond donors (Lipinski definition) is 2. The molecule has 1 saturated heterocycles. The van der Waals surface area contributed by atoms with E-state index in [4.69, 9.17) is 0 Å². The van der Waals surface area contributed by atoms with Gasteiger partial charge in [0.25, 0.3) is 0 Å². The van der Waals surface area contributed by atoms with Gasteiger partial charge in [0.1, 0.15) is 0 Å².